The van der Waals surface area contributed by atoms with E-state index in [1.165, 1.54) is 29.5 Å². The maximum Gasteiger partial charge on any atom is 0.276 e. The molecule has 1 aliphatic heterocycles. The molecular formula is C23H27N3O2S2. The number of thiophene rings is 1. The number of aryl methyl sites for hydroxylation is 2. The van der Waals surface area contributed by atoms with Crippen molar-refractivity contribution >= 4 is 39.2 Å². The molecule has 1 aromatic carbocycles. The first kappa shape index (κ1) is 21.1. The van der Waals surface area contributed by atoms with Crippen LogP contribution in [-0.2, 0) is 4.79 Å². The lowest BCUT2D eigenvalue weighted by Crippen LogP contribution is -2.43. The van der Waals surface area contributed by atoms with Crippen LogP contribution in [0.3, 0.4) is 0 Å². The Balaban J connectivity index is 1.68. The third-order valence-corrected chi connectivity index (χ3v) is 7.28. The predicted molar refractivity (Wildman–Crippen MR) is 125 cm³/mol. The Morgan fingerprint density at radius 1 is 1.17 bits per heavy atom. The van der Waals surface area contributed by atoms with Crippen LogP contribution in [0.25, 0.3) is 15.9 Å². The van der Waals surface area contributed by atoms with Gasteiger partial charge in [-0.1, -0.05) is 31.7 Å². The highest BCUT2D eigenvalue weighted by Crippen LogP contribution is 2.26. The van der Waals surface area contributed by atoms with E-state index in [0.29, 0.717) is 27.2 Å². The Bertz CT molecular complexity index is 1120. The first-order valence-corrected chi connectivity index (χ1v) is 12.2. The minimum absolute atomic E-state index is 0.0739. The topological polar surface area (TPSA) is 55.2 Å². The third kappa shape index (κ3) is 4.32. The number of carbonyl (C=O) groups is 1. The number of benzene rings is 1. The number of aromatic nitrogens is 2. The number of thioether (sulfide) groups is 1. The molecule has 0 unspecified atom stereocenters. The minimum Gasteiger partial charge on any atom is -0.341 e. The summed E-state index contributed by atoms with van der Waals surface area (Å²) in [7, 11) is 0. The number of hydrogen-bond acceptors (Lipinski definition) is 5. The lowest BCUT2D eigenvalue weighted by atomic mass is 9.92. The molecule has 4 rings (SSSR count). The number of piperidine rings is 1. The van der Waals surface area contributed by atoms with E-state index < -0.39 is 0 Å². The third-order valence-electron chi connectivity index (χ3n) is 5.46. The highest BCUT2D eigenvalue weighted by atomic mass is 32.2. The molecule has 0 spiro atoms. The van der Waals surface area contributed by atoms with Crippen LogP contribution < -0.4 is 5.56 Å². The highest BCUT2D eigenvalue weighted by molar-refractivity contribution is 7.99. The smallest absolute Gasteiger partial charge is 0.276 e. The number of hydrogen-bond donors (Lipinski definition) is 0. The van der Waals surface area contributed by atoms with Gasteiger partial charge >= 0.3 is 0 Å². The van der Waals surface area contributed by atoms with Crippen LogP contribution in [0.2, 0.25) is 0 Å². The van der Waals surface area contributed by atoms with Crippen molar-refractivity contribution in [2.75, 3.05) is 18.8 Å². The summed E-state index contributed by atoms with van der Waals surface area (Å²) in [5.74, 6) is 1.45. The largest absolute Gasteiger partial charge is 0.341 e. The van der Waals surface area contributed by atoms with Crippen molar-refractivity contribution in [2.45, 2.75) is 39.3 Å². The molecule has 1 fully saturated rings. The number of fused-ring (bicyclic) bond motifs is 1. The van der Waals surface area contributed by atoms with Crippen LogP contribution in [0.1, 0.15) is 31.4 Å². The standard InChI is InChI=1S/C23H27N3O2S2/c1-14-7-15(2)10-18(9-14)26-22(28)21-19(5-6-29-21)24-23(26)30-13-20(27)25-11-16(3)8-17(4)12-25/h5-7,9-10,16-17H,8,11-13H2,1-4H3/t16-,17-/m0/s1. The van der Waals surface area contributed by atoms with E-state index in [9.17, 15) is 9.59 Å². The van der Waals surface area contributed by atoms with Crippen LogP contribution in [-0.4, -0.2) is 39.2 Å². The fourth-order valence-corrected chi connectivity index (χ4v) is 6.06. The van der Waals surface area contributed by atoms with Crippen LogP contribution in [0.4, 0.5) is 0 Å². The molecule has 3 heterocycles. The number of likely N-dealkylation sites (tertiary alicyclic amines) is 1. The summed E-state index contributed by atoms with van der Waals surface area (Å²) in [4.78, 5) is 32.9. The Kier molecular flexibility index (Phi) is 6.02. The molecule has 0 aliphatic carbocycles. The second-order valence-electron chi connectivity index (χ2n) is 8.55. The Hall–Kier alpha value is -2.12. The molecule has 3 aromatic rings. The van der Waals surface area contributed by atoms with Crippen molar-refractivity contribution in [3.8, 4) is 5.69 Å². The summed E-state index contributed by atoms with van der Waals surface area (Å²) < 4.78 is 2.31. The normalized spacial score (nSPS) is 19.4. The van der Waals surface area contributed by atoms with Gasteiger partial charge in [0, 0.05) is 13.1 Å². The van der Waals surface area contributed by atoms with E-state index >= 15 is 0 Å². The van der Waals surface area contributed by atoms with Gasteiger partial charge in [-0.25, -0.2) is 4.98 Å². The molecule has 2 atom stereocenters. The molecule has 7 heteroatoms. The average Bonchev–Trinajstić information content (AvgIpc) is 3.13. The number of carbonyl (C=O) groups excluding carboxylic acids is 1. The van der Waals surface area contributed by atoms with Crippen molar-refractivity contribution in [2.24, 2.45) is 11.8 Å². The fraction of sp³-hybridized carbons (Fsp3) is 0.435. The van der Waals surface area contributed by atoms with Gasteiger partial charge in [0.25, 0.3) is 5.56 Å². The van der Waals surface area contributed by atoms with Gasteiger partial charge in [0.1, 0.15) is 4.70 Å². The molecule has 0 saturated carbocycles. The van der Waals surface area contributed by atoms with E-state index in [1.807, 2.05) is 42.3 Å². The predicted octanol–water partition coefficient (Wildman–Crippen LogP) is 4.66. The van der Waals surface area contributed by atoms with Gasteiger partial charge in [0.05, 0.1) is 17.0 Å². The van der Waals surface area contributed by atoms with E-state index in [1.54, 1.807) is 4.57 Å². The number of amides is 1. The molecule has 1 saturated heterocycles. The van der Waals surface area contributed by atoms with Crippen molar-refractivity contribution in [1.82, 2.24) is 14.5 Å². The molecule has 0 bridgehead atoms. The van der Waals surface area contributed by atoms with Crippen molar-refractivity contribution in [3.05, 3.63) is 51.1 Å². The Morgan fingerprint density at radius 3 is 2.50 bits per heavy atom. The van der Waals surface area contributed by atoms with Gasteiger partial charge in [-0.05, 0) is 66.8 Å². The zero-order valence-corrected chi connectivity index (χ0v) is 19.5. The molecule has 158 valence electrons. The van der Waals surface area contributed by atoms with Crippen LogP contribution in [0.15, 0.2) is 39.6 Å². The quantitative estimate of drug-likeness (QED) is 0.436. The molecule has 1 aliphatic rings. The van der Waals surface area contributed by atoms with E-state index in [2.05, 4.69) is 19.9 Å². The lowest BCUT2D eigenvalue weighted by molar-refractivity contribution is -0.130. The van der Waals surface area contributed by atoms with E-state index in [0.717, 1.165) is 29.9 Å². The van der Waals surface area contributed by atoms with Gasteiger partial charge < -0.3 is 4.90 Å². The summed E-state index contributed by atoms with van der Waals surface area (Å²) >= 11 is 2.76. The van der Waals surface area contributed by atoms with Crippen LogP contribution >= 0.6 is 23.1 Å². The van der Waals surface area contributed by atoms with Gasteiger partial charge in [0.15, 0.2) is 5.16 Å². The zero-order valence-electron chi connectivity index (χ0n) is 17.8. The van der Waals surface area contributed by atoms with Gasteiger partial charge in [-0.3, -0.25) is 14.2 Å². The second-order valence-corrected chi connectivity index (χ2v) is 10.4. The molecule has 0 radical (unpaired) electrons. The van der Waals surface area contributed by atoms with Crippen molar-refractivity contribution < 1.29 is 4.79 Å². The highest BCUT2D eigenvalue weighted by Gasteiger charge is 2.26. The van der Waals surface area contributed by atoms with E-state index in [4.69, 9.17) is 4.98 Å². The van der Waals surface area contributed by atoms with Crippen molar-refractivity contribution in [1.29, 1.82) is 0 Å². The Morgan fingerprint density at radius 2 is 1.83 bits per heavy atom. The monoisotopic (exact) mass is 441 g/mol. The second kappa shape index (κ2) is 8.55. The molecule has 1 amide bonds. The van der Waals surface area contributed by atoms with Crippen molar-refractivity contribution in [3.63, 3.8) is 0 Å². The van der Waals surface area contributed by atoms with Gasteiger partial charge in [-0.15, -0.1) is 11.3 Å². The SMILES string of the molecule is Cc1cc(C)cc(-n2c(SCC(=O)N3C[C@@H](C)C[C@H](C)C3)nc3ccsc3c2=O)c1. The zero-order chi connectivity index (χ0) is 21.4. The van der Waals surface area contributed by atoms with Crippen LogP contribution in [0.5, 0.6) is 0 Å². The first-order chi connectivity index (χ1) is 14.3. The van der Waals surface area contributed by atoms with E-state index in [-0.39, 0.29) is 17.2 Å². The first-order valence-electron chi connectivity index (χ1n) is 10.3. The summed E-state index contributed by atoms with van der Waals surface area (Å²) in [6.07, 6.45) is 1.17. The maximum atomic E-state index is 13.3. The average molecular weight is 442 g/mol. The lowest BCUT2D eigenvalue weighted by Gasteiger charge is -2.35. The van der Waals surface area contributed by atoms with Gasteiger partial charge in [0.2, 0.25) is 5.91 Å². The molecular weight excluding hydrogens is 414 g/mol. The minimum atomic E-state index is -0.0739. The summed E-state index contributed by atoms with van der Waals surface area (Å²) in [6.45, 7) is 10.1. The Labute approximate surface area is 185 Å². The van der Waals surface area contributed by atoms with Gasteiger partial charge in [-0.2, -0.15) is 0 Å². The fourth-order valence-electron chi connectivity index (χ4n) is 4.38. The molecule has 5 nitrogen and oxygen atoms in total. The number of rotatable bonds is 4. The summed E-state index contributed by atoms with van der Waals surface area (Å²) in [5, 5.41) is 2.46. The maximum absolute atomic E-state index is 13.3. The molecule has 2 aromatic heterocycles. The summed E-state index contributed by atoms with van der Waals surface area (Å²) in [5.41, 5.74) is 3.60. The van der Waals surface area contributed by atoms with Crippen LogP contribution in [0, 0.1) is 25.7 Å². The molecule has 30 heavy (non-hydrogen) atoms. The summed E-state index contributed by atoms with van der Waals surface area (Å²) in [6, 6.07) is 7.94. The molecule has 0 N–H and O–H groups in total. The number of nitrogens with zero attached hydrogens (tertiary/aromatic N) is 3.